The number of hydrogen-bond acceptors (Lipinski definition) is 3. The molecule has 110 valence electrons. The predicted molar refractivity (Wildman–Crippen MR) is 89.0 cm³/mol. The molecule has 1 unspecified atom stereocenters. The zero-order chi connectivity index (χ0) is 14.5. The van der Waals surface area contributed by atoms with E-state index in [0.717, 1.165) is 12.3 Å². The molecule has 1 aliphatic rings. The summed E-state index contributed by atoms with van der Waals surface area (Å²) in [4.78, 5) is 1.42. The van der Waals surface area contributed by atoms with Gasteiger partial charge in [0.15, 0.2) is 0 Å². The van der Waals surface area contributed by atoms with Crippen molar-refractivity contribution in [2.75, 3.05) is 12.4 Å². The Morgan fingerprint density at radius 2 is 2.10 bits per heavy atom. The maximum atomic E-state index is 5.56. The van der Waals surface area contributed by atoms with E-state index in [1.807, 2.05) is 24.8 Å². The van der Waals surface area contributed by atoms with Crippen molar-refractivity contribution in [2.45, 2.75) is 30.8 Å². The summed E-state index contributed by atoms with van der Waals surface area (Å²) in [7, 11) is 0. The third-order valence-electron chi connectivity index (χ3n) is 3.72. The van der Waals surface area contributed by atoms with Gasteiger partial charge in [0.1, 0.15) is 5.75 Å². The Hall–Kier alpha value is -1.45. The molecular weight excluding hydrogens is 278 g/mol. The van der Waals surface area contributed by atoms with Crippen molar-refractivity contribution in [3.63, 3.8) is 0 Å². The highest BCUT2D eigenvalue weighted by atomic mass is 32.2. The Bertz CT molecular complexity index is 599. The average Bonchev–Trinajstić information content (AvgIpc) is 2.53. The van der Waals surface area contributed by atoms with E-state index < -0.39 is 0 Å². The minimum absolute atomic E-state index is 0.457. The lowest BCUT2D eigenvalue weighted by Gasteiger charge is -2.26. The van der Waals surface area contributed by atoms with Crippen LogP contribution >= 0.6 is 11.8 Å². The fourth-order valence-corrected chi connectivity index (χ4v) is 3.83. The summed E-state index contributed by atoms with van der Waals surface area (Å²) in [5.74, 6) is 2.14. The Kier molecular flexibility index (Phi) is 4.84. The van der Waals surface area contributed by atoms with Crippen LogP contribution < -0.4 is 10.1 Å². The molecule has 0 saturated carbocycles. The molecule has 2 aromatic carbocycles. The van der Waals surface area contributed by atoms with Gasteiger partial charge in [0.05, 0.1) is 6.61 Å². The molecule has 1 atom stereocenters. The van der Waals surface area contributed by atoms with E-state index in [4.69, 9.17) is 4.74 Å². The monoisotopic (exact) mass is 299 g/mol. The van der Waals surface area contributed by atoms with Gasteiger partial charge >= 0.3 is 0 Å². The molecule has 0 aliphatic carbocycles. The number of fused-ring (bicyclic) bond motifs is 1. The molecule has 1 heterocycles. The summed E-state index contributed by atoms with van der Waals surface area (Å²) in [5, 5.41) is 3.69. The molecule has 0 amide bonds. The maximum absolute atomic E-state index is 5.56. The van der Waals surface area contributed by atoms with E-state index in [2.05, 4.69) is 47.8 Å². The minimum atomic E-state index is 0.457. The van der Waals surface area contributed by atoms with Gasteiger partial charge in [0.2, 0.25) is 0 Å². The quantitative estimate of drug-likeness (QED) is 0.883. The van der Waals surface area contributed by atoms with Gasteiger partial charge in [-0.25, -0.2) is 0 Å². The molecule has 2 nitrogen and oxygen atoms in total. The highest BCUT2D eigenvalue weighted by Crippen LogP contribution is 2.35. The van der Waals surface area contributed by atoms with Gasteiger partial charge in [-0.15, -0.1) is 11.8 Å². The van der Waals surface area contributed by atoms with Gasteiger partial charge < -0.3 is 10.1 Å². The standard InChI is InChI=1S/C18H21NOS/c1-2-20-15-7-5-6-14(12-15)13-19-17-10-11-21-18-9-4-3-8-16(17)18/h3-9,12,17,19H,2,10-11,13H2,1H3. The van der Waals surface area contributed by atoms with Crippen molar-refractivity contribution in [3.8, 4) is 5.75 Å². The van der Waals surface area contributed by atoms with Crippen LogP contribution in [-0.4, -0.2) is 12.4 Å². The largest absolute Gasteiger partial charge is 0.494 e. The number of rotatable bonds is 5. The Morgan fingerprint density at radius 3 is 3.00 bits per heavy atom. The van der Waals surface area contributed by atoms with Gasteiger partial charge in [-0.2, -0.15) is 0 Å². The van der Waals surface area contributed by atoms with Crippen LogP contribution in [-0.2, 0) is 6.54 Å². The third-order valence-corrected chi connectivity index (χ3v) is 4.84. The van der Waals surface area contributed by atoms with E-state index in [0.29, 0.717) is 12.6 Å². The molecule has 2 aromatic rings. The molecule has 3 heteroatoms. The highest BCUT2D eigenvalue weighted by molar-refractivity contribution is 7.99. The van der Waals surface area contributed by atoms with Crippen molar-refractivity contribution in [2.24, 2.45) is 0 Å². The molecule has 1 N–H and O–H groups in total. The first-order chi connectivity index (χ1) is 10.4. The van der Waals surface area contributed by atoms with Gasteiger partial charge in [0.25, 0.3) is 0 Å². The molecule has 0 saturated heterocycles. The lowest BCUT2D eigenvalue weighted by Crippen LogP contribution is -2.24. The second-order valence-corrected chi connectivity index (χ2v) is 6.33. The molecule has 0 radical (unpaired) electrons. The van der Waals surface area contributed by atoms with E-state index in [1.165, 1.54) is 28.2 Å². The molecular formula is C18H21NOS. The Labute approximate surface area is 130 Å². The van der Waals surface area contributed by atoms with Crippen LogP contribution in [0.3, 0.4) is 0 Å². The summed E-state index contributed by atoms with van der Waals surface area (Å²) in [6, 6.07) is 17.5. The Morgan fingerprint density at radius 1 is 1.19 bits per heavy atom. The minimum Gasteiger partial charge on any atom is -0.494 e. The lowest BCUT2D eigenvalue weighted by atomic mass is 10.0. The number of hydrogen-bond donors (Lipinski definition) is 1. The maximum Gasteiger partial charge on any atom is 0.119 e. The molecule has 0 spiro atoms. The smallest absolute Gasteiger partial charge is 0.119 e. The highest BCUT2D eigenvalue weighted by Gasteiger charge is 2.19. The number of ether oxygens (including phenoxy) is 1. The van der Waals surface area contributed by atoms with Crippen LogP contribution in [0.5, 0.6) is 5.75 Å². The van der Waals surface area contributed by atoms with Crippen LogP contribution in [0.2, 0.25) is 0 Å². The number of nitrogens with one attached hydrogen (secondary N) is 1. The predicted octanol–water partition coefficient (Wildman–Crippen LogP) is 4.41. The fraction of sp³-hybridized carbons (Fsp3) is 0.333. The summed E-state index contributed by atoms with van der Waals surface area (Å²) >= 11 is 1.96. The topological polar surface area (TPSA) is 21.3 Å². The second-order valence-electron chi connectivity index (χ2n) is 5.19. The first kappa shape index (κ1) is 14.5. The molecule has 1 aliphatic heterocycles. The van der Waals surface area contributed by atoms with Gasteiger partial charge in [-0.05, 0) is 48.4 Å². The molecule has 0 aromatic heterocycles. The first-order valence-corrected chi connectivity index (χ1v) is 8.52. The third kappa shape index (κ3) is 3.60. The molecule has 0 fully saturated rings. The fourth-order valence-electron chi connectivity index (χ4n) is 2.71. The molecule has 0 bridgehead atoms. The zero-order valence-corrected chi connectivity index (χ0v) is 13.2. The summed E-state index contributed by atoms with van der Waals surface area (Å²) in [6.45, 7) is 3.61. The van der Waals surface area contributed by atoms with E-state index in [9.17, 15) is 0 Å². The van der Waals surface area contributed by atoms with Crippen LogP contribution in [0.25, 0.3) is 0 Å². The van der Waals surface area contributed by atoms with Gasteiger partial charge in [0, 0.05) is 17.5 Å². The average molecular weight is 299 g/mol. The normalized spacial score (nSPS) is 17.3. The van der Waals surface area contributed by atoms with Crippen molar-refractivity contribution in [1.29, 1.82) is 0 Å². The SMILES string of the molecule is CCOc1cccc(CNC2CCSc3ccccc32)c1. The first-order valence-electron chi connectivity index (χ1n) is 7.53. The van der Waals surface area contributed by atoms with Crippen LogP contribution in [0.1, 0.15) is 30.5 Å². The summed E-state index contributed by atoms with van der Waals surface area (Å²) in [5.41, 5.74) is 2.71. The van der Waals surface area contributed by atoms with Gasteiger partial charge in [-0.3, -0.25) is 0 Å². The van der Waals surface area contributed by atoms with E-state index >= 15 is 0 Å². The van der Waals surface area contributed by atoms with E-state index in [1.54, 1.807) is 0 Å². The molecule has 3 rings (SSSR count). The second kappa shape index (κ2) is 7.01. The van der Waals surface area contributed by atoms with Crippen molar-refractivity contribution >= 4 is 11.8 Å². The Balaban J connectivity index is 1.67. The lowest BCUT2D eigenvalue weighted by molar-refractivity contribution is 0.339. The summed E-state index contributed by atoms with van der Waals surface area (Å²) < 4.78 is 5.56. The van der Waals surface area contributed by atoms with Crippen LogP contribution in [0.4, 0.5) is 0 Å². The van der Waals surface area contributed by atoms with Crippen LogP contribution in [0, 0.1) is 0 Å². The van der Waals surface area contributed by atoms with Crippen molar-refractivity contribution in [3.05, 3.63) is 59.7 Å². The van der Waals surface area contributed by atoms with Gasteiger partial charge in [-0.1, -0.05) is 30.3 Å². The number of thioether (sulfide) groups is 1. The zero-order valence-electron chi connectivity index (χ0n) is 12.3. The van der Waals surface area contributed by atoms with E-state index in [-0.39, 0.29) is 0 Å². The van der Waals surface area contributed by atoms with Crippen molar-refractivity contribution in [1.82, 2.24) is 5.32 Å². The van der Waals surface area contributed by atoms with Crippen LogP contribution in [0.15, 0.2) is 53.4 Å². The summed E-state index contributed by atoms with van der Waals surface area (Å²) in [6.07, 6.45) is 1.19. The molecule has 21 heavy (non-hydrogen) atoms. The van der Waals surface area contributed by atoms with Crippen molar-refractivity contribution < 1.29 is 4.74 Å². The number of benzene rings is 2.